The number of amides is 4. The van der Waals surface area contributed by atoms with Crippen molar-refractivity contribution in [3.8, 4) is 0 Å². The van der Waals surface area contributed by atoms with Gasteiger partial charge in [0, 0.05) is 12.2 Å². The molecule has 0 saturated carbocycles. The van der Waals surface area contributed by atoms with Crippen molar-refractivity contribution in [3.05, 3.63) is 0 Å². The zero-order valence-corrected chi connectivity index (χ0v) is 16.6. The molecular formula is C15H27N5O8S. The predicted octanol–water partition coefficient (Wildman–Crippen LogP) is -4.58. The molecule has 0 aliphatic carbocycles. The molecule has 0 heterocycles. The molecule has 0 bridgehead atoms. The van der Waals surface area contributed by atoms with Gasteiger partial charge in [-0.1, -0.05) is 0 Å². The van der Waals surface area contributed by atoms with Gasteiger partial charge in [0.05, 0.1) is 18.8 Å². The Kier molecular flexibility index (Phi) is 11.8. The molecule has 0 rings (SSSR count). The maximum absolute atomic E-state index is 12.5. The summed E-state index contributed by atoms with van der Waals surface area (Å²) in [7, 11) is 0. The summed E-state index contributed by atoms with van der Waals surface area (Å²) in [5, 5.41) is 34.1. The molecule has 13 nitrogen and oxygen atoms in total. The Hall–Kier alpha value is -2.42. The highest BCUT2D eigenvalue weighted by molar-refractivity contribution is 7.80. The Labute approximate surface area is 172 Å². The minimum atomic E-state index is -1.65. The molecule has 0 radical (unpaired) electrons. The molecule has 0 aromatic carbocycles. The third-order valence-corrected chi connectivity index (χ3v) is 4.10. The lowest BCUT2D eigenvalue weighted by Crippen LogP contribution is -2.60. The number of carbonyl (C=O) groups excluding carboxylic acids is 4. The van der Waals surface area contributed by atoms with Gasteiger partial charge in [-0.15, -0.1) is 0 Å². The van der Waals surface area contributed by atoms with Crippen LogP contribution in [0.2, 0.25) is 0 Å². The van der Waals surface area contributed by atoms with Gasteiger partial charge in [-0.25, -0.2) is 4.79 Å². The maximum atomic E-state index is 12.5. The van der Waals surface area contributed by atoms with Gasteiger partial charge in [0.15, 0.2) is 0 Å². The number of aliphatic carboxylic acids is 1. The molecule has 29 heavy (non-hydrogen) atoms. The second kappa shape index (κ2) is 12.9. The first-order valence-electron chi connectivity index (χ1n) is 8.52. The van der Waals surface area contributed by atoms with Crippen LogP contribution in [-0.2, 0) is 24.0 Å². The van der Waals surface area contributed by atoms with Gasteiger partial charge < -0.3 is 42.7 Å². The number of nitrogens with one attached hydrogen (secondary N) is 3. The standard InChI is InChI=1S/C15H27N5O8S/c1-6(22)11(14(26)19-9(4-21)15(27)28)20-13(25)8(2-3-10(17)23)18-12(24)7(16)5-29/h6-9,11,21-22,29H,2-5,16H2,1H3,(H2,17,23)(H,18,24)(H,19,26)(H,20,25)(H,27,28). The third kappa shape index (κ3) is 9.56. The molecule has 4 amide bonds. The first-order valence-corrected chi connectivity index (χ1v) is 9.15. The van der Waals surface area contributed by atoms with Crippen molar-refractivity contribution in [3.63, 3.8) is 0 Å². The van der Waals surface area contributed by atoms with E-state index in [1.807, 2.05) is 5.32 Å². The minimum absolute atomic E-state index is 0.0214. The van der Waals surface area contributed by atoms with Crippen LogP contribution in [0.5, 0.6) is 0 Å². The maximum Gasteiger partial charge on any atom is 0.328 e. The Morgan fingerprint density at radius 3 is 1.97 bits per heavy atom. The van der Waals surface area contributed by atoms with Crippen LogP contribution in [0.15, 0.2) is 0 Å². The molecule has 166 valence electrons. The van der Waals surface area contributed by atoms with E-state index in [4.69, 9.17) is 21.7 Å². The number of primary amides is 1. The van der Waals surface area contributed by atoms with Crippen molar-refractivity contribution in [1.29, 1.82) is 0 Å². The molecule has 0 aliphatic rings. The molecule has 14 heteroatoms. The van der Waals surface area contributed by atoms with Crippen LogP contribution in [0.3, 0.4) is 0 Å². The van der Waals surface area contributed by atoms with Gasteiger partial charge in [-0.3, -0.25) is 19.2 Å². The predicted molar refractivity (Wildman–Crippen MR) is 102 cm³/mol. The van der Waals surface area contributed by atoms with Crippen LogP contribution < -0.4 is 27.4 Å². The molecule has 10 N–H and O–H groups in total. The number of aliphatic hydroxyl groups excluding tert-OH is 2. The molecule has 0 aromatic heterocycles. The molecular weight excluding hydrogens is 410 g/mol. The van der Waals surface area contributed by atoms with E-state index in [1.165, 1.54) is 0 Å². The van der Waals surface area contributed by atoms with Crippen LogP contribution in [0.25, 0.3) is 0 Å². The van der Waals surface area contributed by atoms with Gasteiger partial charge in [0.25, 0.3) is 0 Å². The molecule has 0 spiro atoms. The third-order valence-electron chi connectivity index (χ3n) is 3.71. The normalized spacial score (nSPS) is 15.9. The van der Waals surface area contributed by atoms with Crippen LogP contribution >= 0.6 is 12.6 Å². The largest absolute Gasteiger partial charge is 0.480 e. The fraction of sp³-hybridized carbons (Fsp3) is 0.667. The number of hydrogen-bond donors (Lipinski definition) is 9. The van der Waals surface area contributed by atoms with E-state index < -0.39 is 66.5 Å². The monoisotopic (exact) mass is 437 g/mol. The molecule has 0 aliphatic heterocycles. The number of carboxylic acids is 1. The summed E-state index contributed by atoms with van der Waals surface area (Å²) in [5.41, 5.74) is 10.6. The van der Waals surface area contributed by atoms with Crippen molar-refractivity contribution >= 4 is 42.2 Å². The lowest BCUT2D eigenvalue weighted by Gasteiger charge is -2.26. The van der Waals surface area contributed by atoms with E-state index in [9.17, 15) is 29.1 Å². The Balaban J connectivity index is 5.34. The van der Waals surface area contributed by atoms with Crippen molar-refractivity contribution in [2.24, 2.45) is 11.5 Å². The highest BCUT2D eigenvalue weighted by atomic mass is 32.1. The van der Waals surface area contributed by atoms with E-state index in [0.717, 1.165) is 6.92 Å². The van der Waals surface area contributed by atoms with Crippen molar-refractivity contribution in [1.82, 2.24) is 16.0 Å². The number of rotatable bonds is 13. The number of carboxylic acid groups (broad SMARTS) is 1. The highest BCUT2D eigenvalue weighted by Gasteiger charge is 2.32. The van der Waals surface area contributed by atoms with E-state index in [0.29, 0.717) is 0 Å². The average Bonchev–Trinajstić information content (AvgIpc) is 2.65. The summed E-state index contributed by atoms with van der Waals surface area (Å²) in [6.07, 6.45) is -1.94. The lowest BCUT2D eigenvalue weighted by molar-refractivity contribution is -0.144. The summed E-state index contributed by atoms with van der Waals surface area (Å²) < 4.78 is 0. The minimum Gasteiger partial charge on any atom is -0.480 e. The van der Waals surface area contributed by atoms with E-state index in [2.05, 4.69) is 23.3 Å². The molecule has 0 aromatic rings. The number of nitrogens with two attached hydrogens (primary N) is 2. The molecule has 5 atom stereocenters. The Morgan fingerprint density at radius 1 is 1.00 bits per heavy atom. The van der Waals surface area contributed by atoms with Gasteiger partial charge in [0.1, 0.15) is 18.1 Å². The van der Waals surface area contributed by atoms with E-state index in [1.54, 1.807) is 0 Å². The molecule has 0 saturated heterocycles. The fourth-order valence-electron chi connectivity index (χ4n) is 2.02. The molecule has 5 unspecified atom stereocenters. The first-order chi connectivity index (χ1) is 13.4. The first kappa shape index (κ1) is 26.6. The summed E-state index contributed by atoms with van der Waals surface area (Å²) in [6.45, 7) is 0.244. The summed E-state index contributed by atoms with van der Waals surface area (Å²) in [4.78, 5) is 58.6. The summed E-state index contributed by atoms with van der Waals surface area (Å²) >= 11 is 3.87. The van der Waals surface area contributed by atoms with Gasteiger partial charge >= 0.3 is 5.97 Å². The number of thiol groups is 1. The van der Waals surface area contributed by atoms with Crippen molar-refractivity contribution in [2.45, 2.75) is 50.0 Å². The lowest BCUT2D eigenvalue weighted by atomic mass is 10.1. The van der Waals surface area contributed by atoms with Gasteiger partial charge in [0.2, 0.25) is 23.6 Å². The SMILES string of the molecule is CC(O)C(NC(=O)C(CCC(N)=O)NC(=O)C(N)CS)C(=O)NC(CO)C(=O)O. The van der Waals surface area contributed by atoms with Crippen LogP contribution in [0.4, 0.5) is 0 Å². The number of hydrogen-bond acceptors (Lipinski definition) is 9. The van der Waals surface area contributed by atoms with Crippen molar-refractivity contribution in [2.75, 3.05) is 12.4 Å². The van der Waals surface area contributed by atoms with E-state index in [-0.39, 0.29) is 18.6 Å². The Bertz CT molecular complexity index is 618. The van der Waals surface area contributed by atoms with Gasteiger partial charge in [-0.2, -0.15) is 12.6 Å². The van der Waals surface area contributed by atoms with Crippen LogP contribution in [-0.4, -0.2) is 87.5 Å². The fourth-order valence-corrected chi connectivity index (χ4v) is 2.19. The number of carbonyl (C=O) groups is 5. The Morgan fingerprint density at radius 2 is 1.55 bits per heavy atom. The van der Waals surface area contributed by atoms with Crippen LogP contribution in [0, 0.1) is 0 Å². The number of aliphatic hydroxyl groups is 2. The van der Waals surface area contributed by atoms with Crippen molar-refractivity contribution < 1.29 is 39.3 Å². The summed E-state index contributed by atoms with van der Waals surface area (Å²) in [6, 6.07) is -5.62. The molecule has 0 fully saturated rings. The highest BCUT2D eigenvalue weighted by Crippen LogP contribution is 2.02. The zero-order valence-electron chi connectivity index (χ0n) is 15.7. The topological polar surface area (TPSA) is 234 Å². The van der Waals surface area contributed by atoms with Gasteiger partial charge in [-0.05, 0) is 13.3 Å². The summed E-state index contributed by atoms with van der Waals surface area (Å²) in [5.74, 6) is -5.05. The second-order valence-electron chi connectivity index (χ2n) is 6.16. The smallest absolute Gasteiger partial charge is 0.328 e. The van der Waals surface area contributed by atoms with E-state index >= 15 is 0 Å². The average molecular weight is 437 g/mol. The zero-order chi connectivity index (χ0) is 22.7. The van der Waals surface area contributed by atoms with Crippen LogP contribution in [0.1, 0.15) is 19.8 Å². The second-order valence-corrected chi connectivity index (χ2v) is 6.53. The quantitative estimate of drug-likeness (QED) is 0.126.